The lowest BCUT2D eigenvalue weighted by Crippen LogP contribution is -2.29. The number of carboxylic acid groups (broad SMARTS) is 1. The average molecular weight is 580 g/mol. The van der Waals surface area contributed by atoms with Crippen LogP contribution in [0.2, 0.25) is 5.02 Å². The molecule has 3 aromatic carbocycles. The second-order valence-corrected chi connectivity index (χ2v) is 12.3. The lowest BCUT2D eigenvalue weighted by atomic mass is 9.81. The number of carboxylic acids is 1. The number of nitrogens with zero attached hydrogens (tertiary/aromatic N) is 1. The van der Waals surface area contributed by atoms with Gasteiger partial charge in [0.25, 0.3) is 5.91 Å². The molecule has 1 amide bonds. The molecule has 0 bridgehead atoms. The van der Waals surface area contributed by atoms with E-state index in [-0.39, 0.29) is 18.0 Å². The number of carbonyl (C=O) groups excluding carboxylic acids is 1. The van der Waals surface area contributed by atoms with Crippen LogP contribution in [-0.4, -0.2) is 34.1 Å². The van der Waals surface area contributed by atoms with E-state index in [1.807, 2.05) is 47.6 Å². The van der Waals surface area contributed by atoms with Crippen LogP contribution in [-0.2, 0) is 29.0 Å². The fourth-order valence-corrected chi connectivity index (χ4v) is 6.43. The van der Waals surface area contributed by atoms with Crippen molar-refractivity contribution in [1.29, 1.82) is 0 Å². The highest BCUT2D eigenvalue weighted by molar-refractivity contribution is 6.32. The standard InChI is InChI=1S/C33H35ClFNO5/c1-17-22-11-8-12-40-29(22)26(34)14-23(17)27-18(2)24-15-36(31(37)20-9-7-10-21(35)13-20)16-25(24)19(3)28(27)30(32(38)39)41-33(4,5)6/h7,9-10,13-14,30H,8,11-12,15-16H2,1-6H3,(H,38,39)/t30-/m0/s1. The summed E-state index contributed by atoms with van der Waals surface area (Å²) < 4.78 is 26.0. The maximum atomic E-state index is 13.9. The molecule has 0 spiro atoms. The van der Waals surface area contributed by atoms with Crippen LogP contribution in [0.25, 0.3) is 11.1 Å². The molecule has 216 valence electrons. The molecule has 2 aliphatic rings. The highest BCUT2D eigenvalue weighted by Gasteiger charge is 2.37. The quantitative estimate of drug-likeness (QED) is 0.339. The largest absolute Gasteiger partial charge is 0.492 e. The normalized spacial score (nSPS) is 15.3. The molecule has 2 aliphatic heterocycles. The number of fused-ring (bicyclic) bond motifs is 2. The first-order valence-electron chi connectivity index (χ1n) is 13.8. The topological polar surface area (TPSA) is 76.1 Å². The Balaban J connectivity index is 1.74. The van der Waals surface area contributed by atoms with E-state index in [2.05, 4.69) is 0 Å². The molecule has 1 atom stereocenters. The zero-order valence-electron chi connectivity index (χ0n) is 24.3. The molecule has 8 heteroatoms. The van der Waals surface area contributed by atoms with Crippen LogP contribution >= 0.6 is 11.6 Å². The van der Waals surface area contributed by atoms with Gasteiger partial charge in [0.05, 0.1) is 17.2 Å². The number of aliphatic carboxylic acids is 1. The molecular formula is C33H35ClFNO5. The fourth-order valence-electron chi connectivity index (χ4n) is 6.15. The molecule has 41 heavy (non-hydrogen) atoms. The number of ether oxygens (including phenoxy) is 2. The Bertz CT molecular complexity index is 1580. The smallest absolute Gasteiger partial charge is 0.337 e. The van der Waals surface area contributed by atoms with Gasteiger partial charge in [-0.05, 0) is 123 Å². The Kier molecular flexibility index (Phi) is 7.64. The second kappa shape index (κ2) is 10.8. The van der Waals surface area contributed by atoms with Crippen LogP contribution in [0.5, 0.6) is 5.75 Å². The molecule has 0 unspecified atom stereocenters. The van der Waals surface area contributed by atoms with Gasteiger partial charge in [0.1, 0.15) is 11.6 Å². The maximum absolute atomic E-state index is 13.9. The molecule has 0 saturated carbocycles. The number of halogens is 2. The van der Waals surface area contributed by atoms with Gasteiger partial charge < -0.3 is 19.5 Å². The average Bonchev–Trinajstić information content (AvgIpc) is 3.37. The molecule has 2 heterocycles. The summed E-state index contributed by atoms with van der Waals surface area (Å²) in [6.07, 6.45) is 0.418. The summed E-state index contributed by atoms with van der Waals surface area (Å²) in [5.74, 6) is -1.17. The minimum absolute atomic E-state index is 0.269. The second-order valence-electron chi connectivity index (χ2n) is 11.9. The minimum Gasteiger partial charge on any atom is -0.492 e. The fraction of sp³-hybridized carbons (Fsp3) is 0.394. The van der Waals surface area contributed by atoms with Crippen molar-refractivity contribution in [2.45, 2.75) is 79.2 Å². The van der Waals surface area contributed by atoms with Crippen molar-refractivity contribution in [3.8, 4) is 16.9 Å². The van der Waals surface area contributed by atoms with Gasteiger partial charge >= 0.3 is 5.97 Å². The third kappa shape index (κ3) is 5.33. The maximum Gasteiger partial charge on any atom is 0.337 e. The van der Waals surface area contributed by atoms with E-state index in [4.69, 9.17) is 21.1 Å². The van der Waals surface area contributed by atoms with Crippen molar-refractivity contribution >= 4 is 23.5 Å². The van der Waals surface area contributed by atoms with Crippen LogP contribution in [0.4, 0.5) is 4.39 Å². The summed E-state index contributed by atoms with van der Waals surface area (Å²) in [6, 6.07) is 7.52. The van der Waals surface area contributed by atoms with Gasteiger partial charge in [-0.15, -0.1) is 0 Å². The van der Waals surface area contributed by atoms with Gasteiger partial charge in [-0.1, -0.05) is 17.7 Å². The molecule has 0 aromatic heterocycles. The highest BCUT2D eigenvalue weighted by Crippen LogP contribution is 2.48. The van der Waals surface area contributed by atoms with Crippen LogP contribution < -0.4 is 4.74 Å². The van der Waals surface area contributed by atoms with E-state index in [9.17, 15) is 19.1 Å². The van der Waals surface area contributed by atoms with Gasteiger partial charge in [0.2, 0.25) is 0 Å². The lowest BCUT2D eigenvalue weighted by molar-refractivity contribution is -0.160. The van der Waals surface area contributed by atoms with Crippen LogP contribution in [0, 0.1) is 26.6 Å². The molecular weight excluding hydrogens is 545 g/mol. The summed E-state index contributed by atoms with van der Waals surface area (Å²) in [6.45, 7) is 12.6. The molecule has 6 nitrogen and oxygen atoms in total. The van der Waals surface area contributed by atoms with Gasteiger partial charge in [-0.3, -0.25) is 4.79 Å². The van der Waals surface area contributed by atoms with Crippen molar-refractivity contribution in [2.75, 3.05) is 6.61 Å². The number of hydrogen-bond donors (Lipinski definition) is 1. The monoisotopic (exact) mass is 579 g/mol. The number of carbonyl (C=O) groups is 2. The Morgan fingerprint density at radius 1 is 1.05 bits per heavy atom. The zero-order valence-corrected chi connectivity index (χ0v) is 25.0. The van der Waals surface area contributed by atoms with Crippen molar-refractivity contribution in [3.05, 3.63) is 85.7 Å². The molecule has 0 fully saturated rings. The number of amides is 1. The van der Waals surface area contributed by atoms with Gasteiger partial charge in [0, 0.05) is 24.2 Å². The van der Waals surface area contributed by atoms with Crippen molar-refractivity contribution in [2.24, 2.45) is 0 Å². The van der Waals surface area contributed by atoms with Gasteiger partial charge in [0.15, 0.2) is 6.10 Å². The third-order valence-corrected chi connectivity index (χ3v) is 8.32. The van der Waals surface area contributed by atoms with Crippen molar-refractivity contribution < 1.29 is 28.6 Å². The van der Waals surface area contributed by atoms with E-state index < -0.39 is 23.5 Å². The predicted octanol–water partition coefficient (Wildman–Crippen LogP) is 7.49. The Morgan fingerprint density at radius 2 is 1.73 bits per heavy atom. The molecule has 0 saturated heterocycles. The van der Waals surface area contributed by atoms with Gasteiger partial charge in [-0.25, -0.2) is 9.18 Å². The highest BCUT2D eigenvalue weighted by atomic mass is 35.5. The van der Waals surface area contributed by atoms with Crippen LogP contribution in [0.1, 0.15) is 82.6 Å². The van der Waals surface area contributed by atoms with E-state index >= 15 is 0 Å². The number of benzene rings is 3. The zero-order chi connectivity index (χ0) is 29.8. The number of rotatable bonds is 5. The van der Waals surface area contributed by atoms with Crippen molar-refractivity contribution in [3.63, 3.8) is 0 Å². The molecule has 1 N–H and O–H groups in total. The summed E-state index contributed by atoms with van der Waals surface area (Å²) >= 11 is 6.77. The van der Waals surface area contributed by atoms with Gasteiger partial charge in [-0.2, -0.15) is 0 Å². The minimum atomic E-state index is -1.26. The van der Waals surface area contributed by atoms with E-state index in [1.165, 1.54) is 18.2 Å². The van der Waals surface area contributed by atoms with E-state index in [0.717, 1.165) is 57.3 Å². The predicted molar refractivity (Wildman–Crippen MR) is 156 cm³/mol. The molecule has 3 aromatic rings. The first-order chi connectivity index (χ1) is 19.3. The Hall–Kier alpha value is -3.42. The first-order valence-corrected chi connectivity index (χ1v) is 14.2. The summed E-state index contributed by atoms with van der Waals surface area (Å²) in [4.78, 5) is 27.9. The third-order valence-electron chi connectivity index (χ3n) is 8.04. The van der Waals surface area contributed by atoms with Crippen molar-refractivity contribution in [1.82, 2.24) is 4.90 Å². The Morgan fingerprint density at radius 3 is 2.37 bits per heavy atom. The molecule has 5 rings (SSSR count). The van der Waals surface area contributed by atoms with E-state index in [0.29, 0.717) is 29.5 Å². The molecule has 0 radical (unpaired) electrons. The summed E-state index contributed by atoms with van der Waals surface area (Å²) in [7, 11) is 0. The number of hydrogen-bond acceptors (Lipinski definition) is 4. The van der Waals surface area contributed by atoms with Crippen LogP contribution in [0.3, 0.4) is 0 Å². The first kappa shape index (κ1) is 29.1. The van der Waals surface area contributed by atoms with Crippen LogP contribution in [0.15, 0.2) is 30.3 Å². The SMILES string of the molecule is Cc1c(-c2c(C)c3c(c(C)c2[C@H](OC(C)(C)C)C(=O)O)CN(C(=O)c2cccc(F)c2)C3)cc(Cl)c2c1CCCO2. The lowest BCUT2D eigenvalue weighted by Gasteiger charge is -2.31. The Labute approximate surface area is 245 Å². The summed E-state index contributed by atoms with van der Waals surface area (Å²) in [5, 5.41) is 11.0. The van der Waals surface area contributed by atoms with E-state index in [1.54, 1.807) is 11.0 Å². The molecule has 0 aliphatic carbocycles. The summed E-state index contributed by atoms with van der Waals surface area (Å²) in [5.41, 5.74) is 7.15.